The van der Waals surface area contributed by atoms with E-state index in [0.717, 1.165) is 36.8 Å². The molecule has 3 aromatic rings. The Morgan fingerprint density at radius 3 is 3.14 bits per heavy atom. The predicted octanol–water partition coefficient (Wildman–Crippen LogP) is 3.20. The molecule has 0 bridgehead atoms. The van der Waals surface area contributed by atoms with Crippen molar-refractivity contribution < 1.29 is 0 Å². The van der Waals surface area contributed by atoms with E-state index >= 15 is 0 Å². The smallest absolute Gasteiger partial charge is 0.195 e. The molecule has 0 saturated heterocycles. The van der Waals surface area contributed by atoms with E-state index in [1.165, 1.54) is 16.9 Å². The van der Waals surface area contributed by atoms with Gasteiger partial charge < -0.3 is 10.2 Å². The minimum Gasteiger partial charge on any atom is -0.324 e. The van der Waals surface area contributed by atoms with Crippen LogP contribution in [0.4, 0.5) is 11.5 Å². The summed E-state index contributed by atoms with van der Waals surface area (Å²) in [4.78, 5) is 8.31. The third kappa shape index (κ3) is 2.04. The van der Waals surface area contributed by atoms with E-state index in [2.05, 4.69) is 57.4 Å². The molecule has 1 N–H and O–H groups in total. The Kier molecular flexibility index (Phi) is 3.16. The fourth-order valence-corrected chi connectivity index (χ4v) is 3.73. The number of hydrogen-bond donors (Lipinski definition) is 1. The third-order valence-corrected chi connectivity index (χ3v) is 4.78. The molecule has 0 aliphatic carbocycles. The van der Waals surface area contributed by atoms with Gasteiger partial charge in [0.1, 0.15) is 0 Å². The predicted molar refractivity (Wildman–Crippen MR) is 87.6 cm³/mol. The number of para-hydroxylation sites is 1. The van der Waals surface area contributed by atoms with E-state index in [4.69, 9.17) is 4.98 Å². The number of imidazole rings is 1. The summed E-state index contributed by atoms with van der Waals surface area (Å²) >= 11 is 1.69. The first kappa shape index (κ1) is 12.9. The lowest BCUT2D eigenvalue weighted by atomic mass is 10.2. The molecule has 0 amide bonds. The van der Waals surface area contributed by atoms with E-state index in [0.29, 0.717) is 0 Å². The number of fused-ring (bicyclic) bond motifs is 2. The summed E-state index contributed by atoms with van der Waals surface area (Å²) in [6.07, 6.45) is 3.22. The van der Waals surface area contributed by atoms with Crippen molar-refractivity contribution in [3.63, 3.8) is 0 Å². The first-order chi connectivity index (χ1) is 10.4. The Morgan fingerprint density at radius 2 is 2.24 bits per heavy atom. The van der Waals surface area contributed by atoms with Crippen molar-refractivity contribution in [2.45, 2.75) is 19.9 Å². The van der Waals surface area contributed by atoms with Crippen LogP contribution in [0.2, 0.25) is 0 Å². The van der Waals surface area contributed by atoms with Gasteiger partial charge in [-0.2, -0.15) is 0 Å². The lowest BCUT2D eigenvalue weighted by Gasteiger charge is -2.18. The van der Waals surface area contributed by atoms with Crippen LogP contribution in [0.1, 0.15) is 18.2 Å². The fraction of sp³-hybridized carbons (Fsp3) is 0.312. The largest absolute Gasteiger partial charge is 0.324 e. The summed E-state index contributed by atoms with van der Waals surface area (Å²) in [5.41, 5.74) is 3.98. The molecule has 21 heavy (non-hydrogen) atoms. The zero-order chi connectivity index (χ0) is 14.2. The molecule has 0 fully saturated rings. The maximum absolute atomic E-state index is 4.87. The zero-order valence-electron chi connectivity index (χ0n) is 12.0. The Bertz CT molecular complexity index is 774. The molecule has 5 heteroatoms. The van der Waals surface area contributed by atoms with Crippen LogP contribution in [-0.4, -0.2) is 22.5 Å². The average Bonchev–Trinajstić information content (AvgIpc) is 3.18. The lowest BCUT2D eigenvalue weighted by Crippen LogP contribution is -2.19. The van der Waals surface area contributed by atoms with Gasteiger partial charge in [-0.15, -0.1) is 11.3 Å². The number of nitrogens with one attached hydrogen (secondary N) is 1. The molecular weight excluding hydrogens is 280 g/mol. The van der Waals surface area contributed by atoms with Gasteiger partial charge in [-0.25, -0.2) is 4.98 Å². The molecule has 2 aromatic heterocycles. The Morgan fingerprint density at radius 1 is 1.33 bits per heavy atom. The van der Waals surface area contributed by atoms with Gasteiger partial charge in [0.25, 0.3) is 0 Å². The first-order valence-electron chi connectivity index (χ1n) is 7.39. The summed E-state index contributed by atoms with van der Waals surface area (Å²) in [6, 6.07) is 8.65. The second-order valence-electron chi connectivity index (χ2n) is 5.25. The molecule has 0 atom stereocenters. The van der Waals surface area contributed by atoms with Crippen LogP contribution >= 0.6 is 11.3 Å². The summed E-state index contributed by atoms with van der Waals surface area (Å²) in [6.45, 7) is 4.97. The van der Waals surface area contributed by atoms with Crippen LogP contribution in [-0.2, 0) is 13.0 Å². The van der Waals surface area contributed by atoms with E-state index < -0.39 is 0 Å². The van der Waals surface area contributed by atoms with Crippen LogP contribution in [0.3, 0.4) is 0 Å². The summed E-state index contributed by atoms with van der Waals surface area (Å²) in [5.74, 6) is 1.10. The normalized spacial score (nSPS) is 14.0. The van der Waals surface area contributed by atoms with Crippen molar-refractivity contribution in [1.82, 2.24) is 14.7 Å². The molecule has 3 heterocycles. The van der Waals surface area contributed by atoms with Crippen molar-refractivity contribution in [1.29, 1.82) is 0 Å². The zero-order valence-corrected chi connectivity index (χ0v) is 12.9. The van der Waals surface area contributed by atoms with Crippen LogP contribution in [0.15, 0.2) is 35.8 Å². The summed E-state index contributed by atoms with van der Waals surface area (Å²) in [5, 5.41) is 5.53. The third-order valence-electron chi connectivity index (χ3n) is 4.03. The van der Waals surface area contributed by atoms with Crippen LogP contribution < -0.4 is 10.2 Å². The summed E-state index contributed by atoms with van der Waals surface area (Å²) < 4.78 is 2.21. The Balaban J connectivity index is 1.81. The molecule has 0 unspecified atom stereocenters. The maximum atomic E-state index is 4.87. The molecule has 4 nitrogen and oxygen atoms in total. The first-order valence-corrected chi connectivity index (χ1v) is 8.27. The quantitative estimate of drug-likeness (QED) is 0.803. The van der Waals surface area contributed by atoms with Crippen molar-refractivity contribution in [3.05, 3.63) is 47.1 Å². The lowest BCUT2D eigenvalue weighted by molar-refractivity contribution is 0.705. The minimum atomic E-state index is 0.850. The van der Waals surface area contributed by atoms with E-state index in [1.54, 1.807) is 11.3 Å². The van der Waals surface area contributed by atoms with Gasteiger partial charge in [0, 0.05) is 30.4 Å². The Labute approximate surface area is 128 Å². The van der Waals surface area contributed by atoms with Crippen molar-refractivity contribution in [2.24, 2.45) is 0 Å². The summed E-state index contributed by atoms with van der Waals surface area (Å²) in [7, 11) is 0. The number of benzene rings is 1. The number of thiazole rings is 1. The van der Waals surface area contributed by atoms with Gasteiger partial charge in [0.15, 0.2) is 10.8 Å². The van der Waals surface area contributed by atoms with Crippen LogP contribution in [0.5, 0.6) is 0 Å². The number of nitrogens with zero attached hydrogens (tertiary/aromatic N) is 3. The van der Waals surface area contributed by atoms with E-state index in [9.17, 15) is 0 Å². The molecular formula is C16H18N4S. The van der Waals surface area contributed by atoms with Crippen molar-refractivity contribution in [2.75, 3.05) is 18.0 Å². The van der Waals surface area contributed by atoms with Crippen LogP contribution in [0.25, 0.3) is 4.96 Å². The number of anilines is 2. The maximum Gasteiger partial charge on any atom is 0.195 e. The highest BCUT2D eigenvalue weighted by molar-refractivity contribution is 7.15. The number of hydrogen-bond acceptors (Lipinski definition) is 4. The molecule has 108 valence electrons. The monoisotopic (exact) mass is 298 g/mol. The molecule has 1 aliphatic rings. The molecule has 1 aliphatic heterocycles. The highest BCUT2D eigenvalue weighted by Crippen LogP contribution is 2.36. The SMILES string of the molecule is CCNCc1c(N2CCc3ccccc32)nc2sccn12. The van der Waals surface area contributed by atoms with Gasteiger partial charge >= 0.3 is 0 Å². The highest BCUT2D eigenvalue weighted by atomic mass is 32.1. The highest BCUT2D eigenvalue weighted by Gasteiger charge is 2.25. The van der Waals surface area contributed by atoms with Gasteiger partial charge in [-0.05, 0) is 24.6 Å². The van der Waals surface area contributed by atoms with E-state index in [1.807, 2.05) is 0 Å². The van der Waals surface area contributed by atoms with Gasteiger partial charge in [-0.1, -0.05) is 25.1 Å². The molecule has 4 rings (SSSR count). The van der Waals surface area contributed by atoms with Crippen molar-refractivity contribution in [3.8, 4) is 0 Å². The van der Waals surface area contributed by atoms with Crippen molar-refractivity contribution >= 4 is 27.8 Å². The second-order valence-corrected chi connectivity index (χ2v) is 6.12. The minimum absolute atomic E-state index is 0.850. The van der Waals surface area contributed by atoms with Gasteiger partial charge in [0.2, 0.25) is 0 Å². The standard InChI is InChI=1S/C16H18N4S/c1-2-17-11-14-15(18-16-20(14)9-10-21-16)19-8-7-12-5-3-4-6-13(12)19/h3-6,9-10,17H,2,7-8,11H2,1H3. The van der Waals surface area contributed by atoms with Gasteiger partial charge in [0.05, 0.1) is 5.69 Å². The molecule has 0 spiro atoms. The molecule has 1 aromatic carbocycles. The number of rotatable bonds is 4. The second kappa shape index (κ2) is 5.16. The number of aromatic nitrogens is 2. The Hall–Kier alpha value is -1.85. The van der Waals surface area contributed by atoms with Crippen LogP contribution in [0, 0.1) is 0 Å². The topological polar surface area (TPSA) is 32.6 Å². The average molecular weight is 298 g/mol. The molecule has 0 saturated carbocycles. The fourth-order valence-electron chi connectivity index (χ4n) is 3.00. The van der Waals surface area contributed by atoms with E-state index in [-0.39, 0.29) is 0 Å². The van der Waals surface area contributed by atoms with Gasteiger partial charge in [-0.3, -0.25) is 4.40 Å². The molecule has 0 radical (unpaired) electrons.